The van der Waals surface area contributed by atoms with Crippen LogP contribution in [0.3, 0.4) is 0 Å². The number of aryl methyl sites for hydroxylation is 1. The Morgan fingerprint density at radius 1 is 1.15 bits per heavy atom. The van der Waals surface area contributed by atoms with Gasteiger partial charge in [-0.05, 0) is 12.8 Å². The van der Waals surface area contributed by atoms with Crippen LogP contribution in [-0.2, 0) is 7.05 Å². The molecule has 0 N–H and O–H groups in total. The summed E-state index contributed by atoms with van der Waals surface area (Å²) in [5, 5.41) is 8.66. The van der Waals surface area contributed by atoms with Gasteiger partial charge in [0.2, 0.25) is 0 Å². The minimum atomic E-state index is -0.353. The number of nitrogens with zero attached hydrogens (tertiary/aromatic N) is 7. The largest absolute Gasteiger partial charge is 0.284 e. The van der Waals surface area contributed by atoms with E-state index in [0.717, 1.165) is 34.7 Å². The average molecular weight is 353 g/mol. The van der Waals surface area contributed by atoms with Crippen LogP contribution in [0.1, 0.15) is 25.8 Å². The number of aromatic nitrogens is 7. The van der Waals surface area contributed by atoms with Gasteiger partial charge in [0.15, 0.2) is 0 Å². The van der Waals surface area contributed by atoms with E-state index < -0.39 is 0 Å². The van der Waals surface area contributed by atoms with Crippen molar-refractivity contribution in [3.05, 3.63) is 43.2 Å². The molecule has 7 nitrogen and oxygen atoms in total. The van der Waals surface area contributed by atoms with Crippen molar-refractivity contribution < 1.29 is 4.39 Å². The lowest BCUT2D eigenvalue weighted by Gasteiger charge is -2.13. The van der Waals surface area contributed by atoms with Crippen molar-refractivity contribution in [2.75, 3.05) is 6.67 Å². The summed E-state index contributed by atoms with van der Waals surface area (Å²) in [5.41, 5.74) is 3.40. The molecule has 0 aliphatic carbocycles. The van der Waals surface area contributed by atoms with E-state index in [0.29, 0.717) is 6.42 Å². The molecule has 26 heavy (non-hydrogen) atoms. The number of imidazole rings is 1. The predicted molar refractivity (Wildman–Crippen MR) is 96.3 cm³/mol. The summed E-state index contributed by atoms with van der Waals surface area (Å²) < 4.78 is 18.3. The van der Waals surface area contributed by atoms with Crippen LogP contribution in [0.25, 0.3) is 28.3 Å². The Morgan fingerprint density at radius 2 is 2.00 bits per heavy atom. The summed E-state index contributed by atoms with van der Waals surface area (Å²) in [6.45, 7) is 1.69. The summed E-state index contributed by atoms with van der Waals surface area (Å²) >= 11 is 0. The van der Waals surface area contributed by atoms with Gasteiger partial charge in [0.1, 0.15) is 11.5 Å². The Morgan fingerprint density at radius 3 is 2.73 bits per heavy atom. The fraction of sp³-hybridized carbons (Fsp3) is 0.333. The molecule has 0 saturated heterocycles. The lowest BCUT2D eigenvalue weighted by molar-refractivity contribution is 0.352. The Labute approximate surface area is 150 Å². The normalized spacial score (nSPS) is 12.7. The minimum Gasteiger partial charge on any atom is -0.284 e. The molecule has 0 amide bonds. The molecule has 4 aromatic rings. The minimum absolute atomic E-state index is 0.0496. The van der Waals surface area contributed by atoms with Crippen molar-refractivity contribution in [2.45, 2.75) is 25.8 Å². The Kier molecular flexibility index (Phi) is 4.24. The van der Waals surface area contributed by atoms with E-state index in [2.05, 4.69) is 15.2 Å². The van der Waals surface area contributed by atoms with Crippen LogP contribution in [0.15, 0.2) is 43.2 Å². The van der Waals surface area contributed by atoms with Gasteiger partial charge in [-0.1, -0.05) is 6.92 Å². The number of rotatable bonds is 6. The van der Waals surface area contributed by atoms with Crippen LogP contribution in [0.4, 0.5) is 4.39 Å². The fourth-order valence-corrected chi connectivity index (χ4v) is 3.13. The molecule has 0 unspecified atom stereocenters. The van der Waals surface area contributed by atoms with Crippen LogP contribution in [0.5, 0.6) is 0 Å². The third-order valence-electron chi connectivity index (χ3n) is 4.54. The predicted octanol–water partition coefficient (Wildman–Crippen LogP) is 3.30. The Balaban J connectivity index is 1.81. The Bertz CT molecular complexity index is 1030. The summed E-state index contributed by atoms with van der Waals surface area (Å²) in [5.74, 6) is 0.750. The molecule has 8 heteroatoms. The monoisotopic (exact) mass is 353 g/mol. The van der Waals surface area contributed by atoms with Crippen molar-refractivity contribution in [3.8, 4) is 22.6 Å². The molecule has 0 fully saturated rings. The second-order valence-electron chi connectivity index (χ2n) is 6.27. The smallest absolute Gasteiger partial charge is 0.149 e. The van der Waals surface area contributed by atoms with Gasteiger partial charge in [0.25, 0.3) is 0 Å². The second kappa shape index (κ2) is 6.70. The lowest BCUT2D eigenvalue weighted by Crippen LogP contribution is -2.09. The van der Waals surface area contributed by atoms with Crippen LogP contribution in [0, 0.1) is 0 Å². The first-order valence-corrected chi connectivity index (χ1v) is 8.63. The van der Waals surface area contributed by atoms with E-state index >= 15 is 0 Å². The van der Waals surface area contributed by atoms with E-state index in [4.69, 9.17) is 4.98 Å². The number of hydrogen-bond donors (Lipinski definition) is 0. The second-order valence-corrected chi connectivity index (χ2v) is 6.27. The van der Waals surface area contributed by atoms with E-state index in [1.54, 1.807) is 23.3 Å². The highest BCUT2D eigenvalue weighted by Crippen LogP contribution is 2.26. The zero-order valence-corrected chi connectivity index (χ0v) is 14.7. The van der Waals surface area contributed by atoms with E-state index in [9.17, 15) is 4.39 Å². The van der Waals surface area contributed by atoms with Crippen LogP contribution in [0.2, 0.25) is 0 Å². The van der Waals surface area contributed by atoms with Crippen molar-refractivity contribution in [1.29, 1.82) is 0 Å². The molecule has 0 aliphatic heterocycles. The lowest BCUT2D eigenvalue weighted by atomic mass is 10.2. The van der Waals surface area contributed by atoms with Gasteiger partial charge in [-0.25, -0.2) is 9.97 Å². The highest BCUT2D eigenvalue weighted by molar-refractivity contribution is 5.68. The Hall–Kier alpha value is -3.03. The molecule has 0 saturated carbocycles. The molecule has 0 spiro atoms. The van der Waals surface area contributed by atoms with E-state index in [1.165, 1.54) is 0 Å². The zero-order valence-electron chi connectivity index (χ0n) is 14.7. The maximum Gasteiger partial charge on any atom is 0.149 e. The number of hydrogen-bond acceptors (Lipinski definition) is 4. The standard InChI is InChI=1S/C18H20FN7/c1-3-15(4-5-19)26-12-14(10-22-26)18-23-16(13-9-21-24(2)11-13)8-17-20-6-7-25(17)18/h6-12,15H,3-5H2,1-2H3/t15-/m1/s1. The highest BCUT2D eigenvalue weighted by Gasteiger charge is 2.15. The average Bonchev–Trinajstić information content (AvgIpc) is 3.38. The maximum absolute atomic E-state index is 12.8. The molecule has 0 aliphatic rings. The third-order valence-corrected chi connectivity index (χ3v) is 4.54. The molecule has 0 radical (unpaired) electrons. The molecule has 0 aromatic carbocycles. The number of alkyl halides is 1. The van der Waals surface area contributed by atoms with Crippen molar-refractivity contribution >= 4 is 5.65 Å². The van der Waals surface area contributed by atoms with Gasteiger partial charge < -0.3 is 0 Å². The summed E-state index contributed by atoms with van der Waals surface area (Å²) in [4.78, 5) is 9.22. The van der Waals surface area contributed by atoms with E-state index in [-0.39, 0.29) is 12.7 Å². The first-order valence-electron chi connectivity index (χ1n) is 8.63. The molecule has 0 bridgehead atoms. The van der Waals surface area contributed by atoms with Gasteiger partial charge in [-0.15, -0.1) is 0 Å². The number of halogens is 1. The topological polar surface area (TPSA) is 65.8 Å². The van der Waals surface area contributed by atoms with Crippen LogP contribution >= 0.6 is 0 Å². The van der Waals surface area contributed by atoms with Gasteiger partial charge in [-0.2, -0.15) is 10.2 Å². The van der Waals surface area contributed by atoms with Gasteiger partial charge in [0.05, 0.1) is 36.4 Å². The molecule has 4 heterocycles. The SMILES string of the molecule is CC[C@H](CCF)n1cc(-c2nc(-c3cnn(C)c3)cc3nccn23)cn1. The summed E-state index contributed by atoms with van der Waals surface area (Å²) in [6, 6.07) is 1.98. The third kappa shape index (κ3) is 2.87. The molecule has 134 valence electrons. The highest BCUT2D eigenvalue weighted by atomic mass is 19.1. The molecule has 1 atom stereocenters. The van der Waals surface area contributed by atoms with Gasteiger partial charge in [0, 0.05) is 43.5 Å². The molecular formula is C18H20FN7. The summed E-state index contributed by atoms with van der Waals surface area (Å²) in [6.07, 6.45) is 12.3. The first-order chi connectivity index (χ1) is 12.7. The number of fused-ring (bicyclic) bond motifs is 1. The van der Waals surface area contributed by atoms with Gasteiger partial charge in [-0.3, -0.25) is 18.2 Å². The molecular weight excluding hydrogens is 333 g/mol. The van der Waals surface area contributed by atoms with Gasteiger partial charge >= 0.3 is 0 Å². The quantitative estimate of drug-likeness (QED) is 0.533. The van der Waals surface area contributed by atoms with Crippen molar-refractivity contribution in [3.63, 3.8) is 0 Å². The molecule has 4 rings (SSSR count). The van der Waals surface area contributed by atoms with Crippen LogP contribution < -0.4 is 0 Å². The van der Waals surface area contributed by atoms with Crippen molar-refractivity contribution in [1.82, 2.24) is 33.9 Å². The van der Waals surface area contributed by atoms with Crippen LogP contribution in [-0.4, -0.2) is 40.6 Å². The molecule has 4 aromatic heterocycles. The van der Waals surface area contributed by atoms with E-state index in [1.807, 2.05) is 47.7 Å². The maximum atomic E-state index is 12.8. The first kappa shape index (κ1) is 16.4. The fourth-order valence-electron chi connectivity index (χ4n) is 3.13. The summed E-state index contributed by atoms with van der Waals surface area (Å²) in [7, 11) is 1.87. The zero-order chi connectivity index (χ0) is 18.1. The van der Waals surface area contributed by atoms with Crippen molar-refractivity contribution in [2.24, 2.45) is 7.05 Å².